The fourth-order valence-electron chi connectivity index (χ4n) is 1.29. The summed E-state index contributed by atoms with van der Waals surface area (Å²) in [7, 11) is -2.10. The average Bonchev–Trinajstić information content (AvgIpc) is 2.29. The summed E-state index contributed by atoms with van der Waals surface area (Å²) in [6, 6.07) is 6.53. The molecule has 6 heteroatoms. The Hall–Kier alpha value is -1.58. The first kappa shape index (κ1) is 13.5. The van der Waals surface area contributed by atoms with Gasteiger partial charge in [0.1, 0.15) is 0 Å². The molecule has 0 bridgehead atoms. The third kappa shape index (κ3) is 2.96. The number of benzene rings is 1. The lowest BCUT2D eigenvalue weighted by Gasteiger charge is -2.16. The predicted molar refractivity (Wildman–Crippen MR) is 65.6 cm³/mol. The molecule has 0 aliphatic rings. The summed E-state index contributed by atoms with van der Waals surface area (Å²) in [5.74, 6) is 0. The zero-order valence-corrected chi connectivity index (χ0v) is 10.7. The summed E-state index contributed by atoms with van der Waals surface area (Å²) in [5, 5.41) is 8.44. The van der Waals surface area contributed by atoms with Gasteiger partial charge in [-0.3, -0.25) is 0 Å². The van der Waals surface area contributed by atoms with Gasteiger partial charge >= 0.3 is 0 Å². The zero-order chi connectivity index (χ0) is 13.1. The molecule has 0 aliphatic heterocycles. The number of nitriles is 1. The molecule has 17 heavy (non-hydrogen) atoms. The van der Waals surface area contributed by atoms with Gasteiger partial charge in [-0.05, 0) is 24.6 Å². The Kier molecular flexibility index (Phi) is 4.10. The van der Waals surface area contributed by atoms with Crippen LogP contribution in [0.2, 0.25) is 0 Å². The van der Waals surface area contributed by atoms with Crippen molar-refractivity contribution in [3.05, 3.63) is 23.8 Å². The van der Waals surface area contributed by atoms with Crippen molar-refractivity contribution in [3.63, 3.8) is 0 Å². The Morgan fingerprint density at radius 3 is 2.65 bits per heavy atom. The van der Waals surface area contributed by atoms with Gasteiger partial charge in [0.25, 0.3) is 0 Å². The Morgan fingerprint density at radius 1 is 1.47 bits per heavy atom. The van der Waals surface area contributed by atoms with Gasteiger partial charge in [0.2, 0.25) is 10.0 Å². The molecular weight excluding hydrogens is 238 g/mol. The molecule has 2 N–H and O–H groups in total. The molecule has 0 spiro atoms. The number of anilines is 1. The molecule has 5 nitrogen and oxygen atoms in total. The molecule has 1 aromatic carbocycles. The molecule has 0 aliphatic carbocycles. The number of aryl methyl sites for hydroxylation is 1. The maximum Gasteiger partial charge on any atom is 0.242 e. The second-order valence-corrected chi connectivity index (χ2v) is 5.80. The number of nitrogens with two attached hydrogens (primary N) is 1. The lowest BCUT2D eigenvalue weighted by molar-refractivity contribution is 0.476. The van der Waals surface area contributed by atoms with Crippen LogP contribution in [0.1, 0.15) is 12.0 Å². The van der Waals surface area contributed by atoms with E-state index in [1.54, 1.807) is 6.07 Å². The summed E-state index contributed by atoms with van der Waals surface area (Å²) in [6.45, 7) is 1.98. The van der Waals surface area contributed by atoms with E-state index in [4.69, 9.17) is 11.0 Å². The van der Waals surface area contributed by atoms with Gasteiger partial charge in [0, 0.05) is 25.7 Å². The minimum atomic E-state index is -3.55. The molecule has 0 saturated carbocycles. The van der Waals surface area contributed by atoms with Crippen LogP contribution in [0.15, 0.2) is 23.1 Å². The lowest BCUT2D eigenvalue weighted by atomic mass is 10.2. The third-order valence-corrected chi connectivity index (χ3v) is 4.35. The topological polar surface area (TPSA) is 87.2 Å². The Bertz CT molecular complexity index is 546. The zero-order valence-electron chi connectivity index (χ0n) is 9.84. The number of nitrogens with zero attached hydrogens (tertiary/aromatic N) is 2. The van der Waals surface area contributed by atoms with E-state index in [0.717, 1.165) is 9.87 Å². The first-order valence-corrected chi connectivity index (χ1v) is 6.53. The molecule has 0 saturated heterocycles. The van der Waals surface area contributed by atoms with Crippen LogP contribution in [0.3, 0.4) is 0 Å². The van der Waals surface area contributed by atoms with E-state index in [1.165, 1.54) is 19.2 Å². The van der Waals surface area contributed by atoms with Crippen molar-refractivity contribution in [2.75, 3.05) is 19.3 Å². The van der Waals surface area contributed by atoms with E-state index < -0.39 is 10.0 Å². The van der Waals surface area contributed by atoms with Crippen molar-refractivity contribution in [3.8, 4) is 6.07 Å². The van der Waals surface area contributed by atoms with Crippen molar-refractivity contribution in [2.45, 2.75) is 18.2 Å². The van der Waals surface area contributed by atoms with E-state index in [0.29, 0.717) is 5.69 Å². The number of hydrogen-bond acceptors (Lipinski definition) is 4. The standard InChI is InChI=1S/C11H15N3O2S/c1-9-4-5-10(8-11(9)13)17(15,16)14(2)7-3-6-12/h4-5,8H,3,7,13H2,1-2H3. The molecule has 0 atom stereocenters. The number of rotatable bonds is 4. The van der Waals surface area contributed by atoms with Crippen LogP contribution in [0, 0.1) is 18.3 Å². The summed E-state index contributed by atoms with van der Waals surface area (Å²) >= 11 is 0. The first-order valence-electron chi connectivity index (χ1n) is 5.09. The number of hydrogen-bond donors (Lipinski definition) is 1. The van der Waals surface area contributed by atoms with Crippen LogP contribution in [-0.2, 0) is 10.0 Å². The quantitative estimate of drug-likeness (QED) is 0.814. The van der Waals surface area contributed by atoms with Crippen molar-refractivity contribution in [2.24, 2.45) is 0 Å². The van der Waals surface area contributed by atoms with Crippen molar-refractivity contribution in [1.29, 1.82) is 5.26 Å². The monoisotopic (exact) mass is 253 g/mol. The van der Waals surface area contributed by atoms with Gasteiger partial charge in [-0.15, -0.1) is 0 Å². The fraction of sp³-hybridized carbons (Fsp3) is 0.364. The first-order chi connectivity index (χ1) is 7.89. The highest BCUT2D eigenvalue weighted by Crippen LogP contribution is 2.19. The molecule has 1 rings (SSSR count). The van der Waals surface area contributed by atoms with Crippen LogP contribution in [0.25, 0.3) is 0 Å². The molecule has 0 amide bonds. The smallest absolute Gasteiger partial charge is 0.242 e. The fourth-order valence-corrected chi connectivity index (χ4v) is 2.49. The number of sulfonamides is 1. The molecule has 0 fully saturated rings. The maximum absolute atomic E-state index is 12.1. The Labute approximate surface area is 102 Å². The van der Waals surface area contributed by atoms with Crippen LogP contribution >= 0.6 is 0 Å². The molecule has 0 aromatic heterocycles. The van der Waals surface area contributed by atoms with Gasteiger partial charge in [0.05, 0.1) is 11.0 Å². The minimum Gasteiger partial charge on any atom is -0.398 e. The molecule has 0 unspecified atom stereocenters. The highest BCUT2D eigenvalue weighted by Gasteiger charge is 2.20. The second-order valence-electron chi connectivity index (χ2n) is 3.75. The second kappa shape index (κ2) is 5.17. The summed E-state index contributed by atoms with van der Waals surface area (Å²) in [5.41, 5.74) is 6.96. The molecule has 0 heterocycles. The van der Waals surface area contributed by atoms with Crippen molar-refractivity contribution in [1.82, 2.24) is 4.31 Å². The molecule has 1 aromatic rings. The predicted octanol–water partition coefficient (Wildman–Crippen LogP) is 1.11. The van der Waals surface area contributed by atoms with Crippen molar-refractivity contribution < 1.29 is 8.42 Å². The van der Waals surface area contributed by atoms with E-state index in [9.17, 15) is 8.42 Å². The largest absolute Gasteiger partial charge is 0.398 e. The normalized spacial score (nSPS) is 11.4. The van der Waals surface area contributed by atoms with Gasteiger partial charge in [0.15, 0.2) is 0 Å². The van der Waals surface area contributed by atoms with E-state index in [2.05, 4.69) is 0 Å². The summed E-state index contributed by atoms with van der Waals surface area (Å²) in [6.07, 6.45) is 0.164. The molecular formula is C11H15N3O2S. The van der Waals surface area contributed by atoms with E-state index in [-0.39, 0.29) is 17.9 Å². The SMILES string of the molecule is Cc1ccc(S(=O)(=O)N(C)CCC#N)cc1N. The Balaban J connectivity index is 3.05. The van der Waals surface area contributed by atoms with Crippen LogP contribution in [0.5, 0.6) is 0 Å². The lowest BCUT2D eigenvalue weighted by Crippen LogP contribution is -2.27. The van der Waals surface area contributed by atoms with Gasteiger partial charge in [-0.2, -0.15) is 9.57 Å². The van der Waals surface area contributed by atoms with E-state index >= 15 is 0 Å². The van der Waals surface area contributed by atoms with Gasteiger partial charge in [-0.25, -0.2) is 8.42 Å². The minimum absolute atomic E-state index is 0.154. The van der Waals surface area contributed by atoms with E-state index in [1.807, 2.05) is 13.0 Å². The molecule has 92 valence electrons. The Morgan fingerprint density at radius 2 is 2.12 bits per heavy atom. The van der Waals surface area contributed by atoms with Gasteiger partial charge in [-0.1, -0.05) is 6.07 Å². The van der Waals surface area contributed by atoms with Crippen LogP contribution in [-0.4, -0.2) is 26.3 Å². The average molecular weight is 253 g/mol. The van der Waals surface area contributed by atoms with Gasteiger partial charge < -0.3 is 5.73 Å². The van der Waals surface area contributed by atoms with Crippen LogP contribution in [0.4, 0.5) is 5.69 Å². The highest BCUT2D eigenvalue weighted by atomic mass is 32.2. The third-order valence-electron chi connectivity index (χ3n) is 2.50. The highest BCUT2D eigenvalue weighted by molar-refractivity contribution is 7.89. The summed E-state index contributed by atoms with van der Waals surface area (Å²) in [4.78, 5) is 0.154. The maximum atomic E-state index is 12.1. The number of nitrogen functional groups attached to an aromatic ring is 1. The van der Waals surface area contributed by atoms with Crippen LogP contribution < -0.4 is 5.73 Å². The molecule has 0 radical (unpaired) electrons. The van der Waals surface area contributed by atoms with Crippen molar-refractivity contribution >= 4 is 15.7 Å². The summed E-state index contributed by atoms with van der Waals surface area (Å²) < 4.78 is 25.3.